The molecule has 4 nitrogen and oxygen atoms in total. The maximum absolute atomic E-state index is 12.3. The van der Waals surface area contributed by atoms with Crippen LogP contribution in [0.1, 0.15) is 61.5 Å². The molecule has 1 aromatic heterocycles. The Morgan fingerprint density at radius 2 is 2.17 bits per heavy atom. The van der Waals surface area contributed by atoms with Crippen LogP contribution in [0.2, 0.25) is 0 Å². The van der Waals surface area contributed by atoms with Gasteiger partial charge >= 0.3 is 0 Å². The average Bonchev–Trinajstić information content (AvgIpc) is 2.91. The van der Waals surface area contributed by atoms with Crippen molar-refractivity contribution in [3.8, 4) is 6.07 Å². The zero-order valence-electron chi connectivity index (χ0n) is 13.9. The van der Waals surface area contributed by atoms with Crippen molar-refractivity contribution in [2.45, 2.75) is 64.3 Å². The van der Waals surface area contributed by atoms with E-state index in [9.17, 15) is 10.1 Å². The third-order valence-corrected chi connectivity index (χ3v) is 6.31. The first kappa shape index (κ1) is 16.5. The fourth-order valence-corrected chi connectivity index (χ4v) is 4.95. The van der Waals surface area contributed by atoms with Gasteiger partial charge < -0.3 is 10.2 Å². The Morgan fingerprint density at radius 3 is 2.96 bits per heavy atom. The largest absolute Gasteiger partial charge is 0.317 e. The summed E-state index contributed by atoms with van der Waals surface area (Å²) < 4.78 is 0. The second kappa shape index (κ2) is 7.46. The zero-order chi connectivity index (χ0) is 16.2. The van der Waals surface area contributed by atoms with Gasteiger partial charge in [-0.1, -0.05) is 6.42 Å². The molecule has 0 radical (unpaired) electrons. The van der Waals surface area contributed by atoms with Crippen molar-refractivity contribution in [1.29, 1.82) is 5.26 Å². The number of carbonyl (C=O) groups is 1. The van der Waals surface area contributed by atoms with Crippen molar-refractivity contribution in [2.24, 2.45) is 0 Å². The summed E-state index contributed by atoms with van der Waals surface area (Å²) in [6.45, 7) is 4.17. The van der Waals surface area contributed by atoms with Crippen molar-refractivity contribution < 1.29 is 4.79 Å². The predicted molar refractivity (Wildman–Crippen MR) is 93.8 cm³/mol. The number of fused-ring (bicyclic) bond motifs is 1. The normalized spacial score (nSPS) is 21.5. The van der Waals surface area contributed by atoms with E-state index in [1.54, 1.807) is 11.3 Å². The number of rotatable bonds is 4. The number of hydrogen-bond acceptors (Lipinski definition) is 4. The highest BCUT2D eigenvalue weighted by Gasteiger charge is 2.23. The molecule has 1 N–H and O–H groups in total. The zero-order valence-corrected chi connectivity index (χ0v) is 14.7. The lowest BCUT2D eigenvalue weighted by atomic mass is 9.96. The Bertz CT molecular complexity index is 617. The monoisotopic (exact) mass is 331 g/mol. The van der Waals surface area contributed by atoms with Gasteiger partial charge in [0.15, 0.2) is 0 Å². The number of nitriles is 1. The summed E-state index contributed by atoms with van der Waals surface area (Å²) >= 11 is 1.61. The molecule has 0 aromatic carbocycles. The van der Waals surface area contributed by atoms with E-state index in [0.29, 0.717) is 18.0 Å². The molecule has 0 unspecified atom stereocenters. The minimum atomic E-state index is 0.0397. The molecule has 1 fully saturated rings. The Kier molecular flexibility index (Phi) is 5.34. The maximum Gasteiger partial charge on any atom is 0.226 e. The van der Waals surface area contributed by atoms with Crippen molar-refractivity contribution >= 4 is 22.2 Å². The molecule has 1 aromatic rings. The molecule has 124 valence electrons. The molecule has 1 aliphatic heterocycles. The highest BCUT2D eigenvalue weighted by atomic mass is 32.1. The molecule has 1 atom stereocenters. The molecule has 2 aliphatic rings. The van der Waals surface area contributed by atoms with Crippen LogP contribution in [0.15, 0.2) is 0 Å². The van der Waals surface area contributed by atoms with E-state index < -0.39 is 0 Å². The number of nitrogens with one attached hydrogen (secondary N) is 1. The van der Waals surface area contributed by atoms with Crippen molar-refractivity contribution in [1.82, 2.24) is 4.90 Å². The number of likely N-dealkylation sites (tertiary alicyclic amines) is 1. The molecular formula is C18H25N3OS. The molecule has 1 saturated heterocycles. The Hall–Kier alpha value is -1.38. The molecule has 0 spiro atoms. The molecule has 0 saturated carbocycles. The number of amides is 1. The van der Waals surface area contributed by atoms with Gasteiger partial charge in [-0.15, -0.1) is 11.3 Å². The van der Waals surface area contributed by atoms with Crippen LogP contribution in [0, 0.1) is 11.3 Å². The van der Waals surface area contributed by atoms with Crippen LogP contribution in [0.25, 0.3) is 0 Å². The lowest BCUT2D eigenvalue weighted by molar-refractivity contribution is -0.116. The van der Waals surface area contributed by atoms with E-state index in [1.807, 2.05) is 0 Å². The van der Waals surface area contributed by atoms with Crippen LogP contribution < -0.4 is 5.32 Å². The van der Waals surface area contributed by atoms with Crippen molar-refractivity contribution in [3.63, 3.8) is 0 Å². The third-order valence-electron chi connectivity index (χ3n) is 5.10. The first-order valence-electron chi connectivity index (χ1n) is 8.77. The Morgan fingerprint density at radius 1 is 1.35 bits per heavy atom. The van der Waals surface area contributed by atoms with Gasteiger partial charge in [0.25, 0.3) is 0 Å². The smallest absolute Gasteiger partial charge is 0.226 e. The van der Waals surface area contributed by atoms with Gasteiger partial charge in [-0.25, -0.2) is 0 Å². The van der Waals surface area contributed by atoms with E-state index in [-0.39, 0.29) is 5.91 Å². The van der Waals surface area contributed by atoms with Crippen LogP contribution in [0.5, 0.6) is 0 Å². The summed E-state index contributed by atoms with van der Waals surface area (Å²) in [6.07, 6.45) is 8.66. The van der Waals surface area contributed by atoms with Crippen molar-refractivity contribution in [3.05, 3.63) is 16.0 Å². The molecule has 1 amide bonds. The molecule has 1 aliphatic carbocycles. The summed E-state index contributed by atoms with van der Waals surface area (Å²) in [5.41, 5.74) is 1.90. The van der Waals surface area contributed by atoms with E-state index in [1.165, 1.54) is 36.1 Å². The SMILES string of the molecule is C[C@H]1CCCCN1CCC(=O)Nc1sc2c(c1C#N)CCCC2. The number of aryl methyl sites for hydroxylation is 1. The minimum Gasteiger partial charge on any atom is -0.317 e. The van der Waals surface area contributed by atoms with Crippen LogP contribution in [-0.2, 0) is 17.6 Å². The molecule has 0 bridgehead atoms. The summed E-state index contributed by atoms with van der Waals surface area (Å²) in [7, 11) is 0. The molecular weight excluding hydrogens is 306 g/mol. The van der Waals surface area contributed by atoms with Crippen LogP contribution in [0.3, 0.4) is 0 Å². The maximum atomic E-state index is 12.3. The van der Waals surface area contributed by atoms with E-state index in [0.717, 1.165) is 37.4 Å². The quantitative estimate of drug-likeness (QED) is 0.915. The highest BCUT2D eigenvalue weighted by Crippen LogP contribution is 2.37. The first-order valence-corrected chi connectivity index (χ1v) is 9.59. The predicted octanol–water partition coefficient (Wildman–Crippen LogP) is 3.70. The fourth-order valence-electron chi connectivity index (χ4n) is 3.70. The second-order valence-corrected chi connectivity index (χ2v) is 7.81. The molecule has 2 heterocycles. The average molecular weight is 331 g/mol. The van der Waals surface area contributed by atoms with E-state index in [4.69, 9.17) is 0 Å². The number of hydrogen-bond donors (Lipinski definition) is 1. The van der Waals surface area contributed by atoms with Gasteiger partial charge in [-0.3, -0.25) is 4.79 Å². The Labute approximate surface area is 142 Å². The van der Waals surface area contributed by atoms with Gasteiger partial charge in [0, 0.05) is 23.9 Å². The van der Waals surface area contributed by atoms with Crippen molar-refractivity contribution in [2.75, 3.05) is 18.4 Å². The number of carbonyl (C=O) groups excluding carboxylic acids is 1. The van der Waals surface area contributed by atoms with Crippen LogP contribution in [-0.4, -0.2) is 29.9 Å². The lowest BCUT2D eigenvalue weighted by Crippen LogP contribution is -2.39. The summed E-state index contributed by atoms with van der Waals surface area (Å²) in [5, 5.41) is 13.2. The van der Waals surface area contributed by atoms with Gasteiger partial charge in [0.05, 0.1) is 5.56 Å². The first-order chi connectivity index (χ1) is 11.2. The van der Waals surface area contributed by atoms with E-state index in [2.05, 4.69) is 23.2 Å². The number of anilines is 1. The van der Waals surface area contributed by atoms with Gasteiger partial charge in [-0.2, -0.15) is 5.26 Å². The van der Waals surface area contributed by atoms with Crippen LogP contribution >= 0.6 is 11.3 Å². The van der Waals surface area contributed by atoms with Crippen LogP contribution in [0.4, 0.5) is 5.00 Å². The number of thiophene rings is 1. The number of piperidine rings is 1. The van der Waals surface area contributed by atoms with Gasteiger partial charge in [0.2, 0.25) is 5.91 Å². The highest BCUT2D eigenvalue weighted by molar-refractivity contribution is 7.16. The second-order valence-electron chi connectivity index (χ2n) is 6.71. The van der Waals surface area contributed by atoms with E-state index >= 15 is 0 Å². The Balaban J connectivity index is 1.60. The fraction of sp³-hybridized carbons (Fsp3) is 0.667. The van der Waals surface area contributed by atoms with Gasteiger partial charge in [-0.05, 0) is 57.6 Å². The summed E-state index contributed by atoms with van der Waals surface area (Å²) in [4.78, 5) is 16.0. The minimum absolute atomic E-state index is 0.0397. The summed E-state index contributed by atoms with van der Waals surface area (Å²) in [6, 6.07) is 2.89. The number of nitrogens with zero attached hydrogens (tertiary/aromatic N) is 2. The summed E-state index contributed by atoms with van der Waals surface area (Å²) in [5.74, 6) is 0.0397. The standard InChI is InChI=1S/C18H25N3OS/c1-13-6-4-5-10-21(13)11-9-17(22)20-18-15(12-19)14-7-2-3-8-16(14)23-18/h13H,2-11H2,1H3,(H,20,22)/t13-/m0/s1. The molecule has 23 heavy (non-hydrogen) atoms. The molecule has 5 heteroatoms. The topological polar surface area (TPSA) is 56.1 Å². The third kappa shape index (κ3) is 3.76. The lowest BCUT2D eigenvalue weighted by Gasteiger charge is -2.33. The van der Waals surface area contributed by atoms with Gasteiger partial charge in [0.1, 0.15) is 11.1 Å². The molecule has 3 rings (SSSR count).